The molecule has 0 saturated heterocycles. The summed E-state index contributed by atoms with van der Waals surface area (Å²) in [5.41, 5.74) is 8.60. The molecule has 2 heteroatoms. The molecule has 0 bridgehead atoms. The summed E-state index contributed by atoms with van der Waals surface area (Å²) in [7, 11) is 0. The Hall–Kier alpha value is -1.70. The second-order valence-electron chi connectivity index (χ2n) is 8.93. The molecular formula is C23H33N2+. The highest BCUT2D eigenvalue weighted by Crippen LogP contribution is 2.44. The minimum absolute atomic E-state index is 0.0668. The van der Waals surface area contributed by atoms with E-state index in [2.05, 4.69) is 77.6 Å². The number of aromatic nitrogens is 2. The molecule has 1 aromatic carbocycles. The van der Waals surface area contributed by atoms with Gasteiger partial charge in [-0.1, -0.05) is 57.7 Å². The van der Waals surface area contributed by atoms with Gasteiger partial charge in [-0.25, -0.2) is 4.57 Å². The maximum Gasteiger partial charge on any atom is 0.286 e. The average Bonchev–Trinajstić information content (AvgIpc) is 2.53. The lowest BCUT2D eigenvalue weighted by Crippen LogP contribution is -2.52. The third kappa shape index (κ3) is 3.01. The van der Waals surface area contributed by atoms with Crippen molar-refractivity contribution < 1.29 is 4.57 Å². The zero-order valence-electron chi connectivity index (χ0n) is 17.0. The van der Waals surface area contributed by atoms with Crippen LogP contribution in [0.2, 0.25) is 0 Å². The van der Waals surface area contributed by atoms with Gasteiger partial charge in [-0.15, -0.1) is 0 Å². The van der Waals surface area contributed by atoms with Gasteiger partial charge in [0, 0.05) is 22.5 Å². The fraction of sp³-hybridized carbons (Fsp3) is 0.565. The number of rotatable bonds is 3. The van der Waals surface area contributed by atoms with Gasteiger partial charge in [0.25, 0.3) is 6.33 Å². The Morgan fingerprint density at radius 1 is 1.12 bits per heavy atom. The highest BCUT2D eigenvalue weighted by atomic mass is 15.0. The minimum Gasteiger partial charge on any atom is -0.229 e. The third-order valence-electron chi connectivity index (χ3n) is 5.85. The maximum atomic E-state index is 4.80. The van der Waals surface area contributed by atoms with Crippen LogP contribution in [0.25, 0.3) is 11.3 Å². The summed E-state index contributed by atoms with van der Waals surface area (Å²) >= 11 is 0. The molecule has 3 rings (SSSR count). The average molecular weight is 338 g/mol. The number of benzene rings is 1. The van der Waals surface area contributed by atoms with Gasteiger partial charge < -0.3 is 0 Å². The molecular weight excluding hydrogens is 304 g/mol. The van der Waals surface area contributed by atoms with Gasteiger partial charge in [-0.05, 0) is 43.9 Å². The Balaban J connectivity index is 2.31. The molecule has 0 saturated carbocycles. The van der Waals surface area contributed by atoms with Crippen molar-refractivity contribution in [3.8, 4) is 11.3 Å². The van der Waals surface area contributed by atoms with Crippen LogP contribution in [-0.2, 0) is 17.4 Å². The molecule has 1 aromatic heterocycles. The monoisotopic (exact) mass is 337 g/mol. The molecule has 0 amide bonds. The Labute approximate surface area is 153 Å². The van der Waals surface area contributed by atoms with Crippen molar-refractivity contribution >= 4 is 0 Å². The normalized spacial score (nSPS) is 19.5. The molecule has 25 heavy (non-hydrogen) atoms. The predicted octanol–water partition coefficient (Wildman–Crippen LogP) is 5.41. The number of hydrogen-bond acceptors (Lipinski definition) is 1. The van der Waals surface area contributed by atoms with E-state index in [1.807, 2.05) is 0 Å². The Morgan fingerprint density at radius 2 is 1.84 bits per heavy atom. The molecule has 0 aliphatic carbocycles. The van der Waals surface area contributed by atoms with Crippen LogP contribution in [0.3, 0.4) is 0 Å². The van der Waals surface area contributed by atoms with Crippen LogP contribution >= 0.6 is 0 Å². The van der Waals surface area contributed by atoms with E-state index >= 15 is 0 Å². The number of nitrogens with zero attached hydrogens (tertiary/aromatic N) is 2. The lowest BCUT2D eigenvalue weighted by atomic mass is 9.68. The first kappa shape index (κ1) is 18.1. The Bertz CT molecular complexity index is 798. The van der Waals surface area contributed by atoms with Crippen LogP contribution in [0.1, 0.15) is 76.3 Å². The van der Waals surface area contributed by atoms with Crippen molar-refractivity contribution in [2.75, 3.05) is 0 Å². The summed E-state index contributed by atoms with van der Waals surface area (Å²) in [6, 6.07) is 7.07. The van der Waals surface area contributed by atoms with Crippen molar-refractivity contribution in [1.29, 1.82) is 0 Å². The summed E-state index contributed by atoms with van der Waals surface area (Å²) in [6.45, 7) is 16.9. The lowest BCUT2D eigenvalue weighted by molar-refractivity contribution is -0.700. The van der Waals surface area contributed by atoms with Crippen LogP contribution in [0, 0.1) is 13.8 Å². The second-order valence-corrected chi connectivity index (χ2v) is 8.93. The number of hydrogen-bond donors (Lipinski definition) is 0. The zero-order valence-corrected chi connectivity index (χ0v) is 17.0. The van der Waals surface area contributed by atoms with E-state index in [4.69, 9.17) is 4.98 Å². The molecule has 134 valence electrons. The second kappa shape index (κ2) is 6.23. The largest absolute Gasteiger partial charge is 0.286 e. The van der Waals surface area contributed by atoms with Gasteiger partial charge in [-0.3, -0.25) is 0 Å². The standard InChI is InChI=1S/C23H33N2/c1-8-10-23(9-2)14-25-15-24-20(22(5,6)7)13-19(25)18-12-16(3)11-17(4)21(18)23/h11-13,15H,8-10,14H2,1-7H3/q+1. The van der Waals surface area contributed by atoms with Crippen molar-refractivity contribution in [1.82, 2.24) is 4.98 Å². The van der Waals surface area contributed by atoms with E-state index in [0.29, 0.717) is 0 Å². The Kier molecular flexibility index (Phi) is 4.51. The van der Waals surface area contributed by atoms with E-state index in [-0.39, 0.29) is 10.8 Å². The summed E-state index contributed by atoms with van der Waals surface area (Å²) in [6.07, 6.45) is 5.69. The summed E-state index contributed by atoms with van der Waals surface area (Å²) in [5, 5.41) is 0. The van der Waals surface area contributed by atoms with Gasteiger partial charge >= 0.3 is 0 Å². The Morgan fingerprint density at radius 3 is 2.44 bits per heavy atom. The fourth-order valence-corrected chi connectivity index (χ4v) is 4.64. The summed E-state index contributed by atoms with van der Waals surface area (Å²) in [5.74, 6) is 0. The highest BCUT2D eigenvalue weighted by molar-refractivity contribution is 5.68. The fourth-order valence-electron chi connectivity index (χ4n) is 4.64. The highest BCUT2D eigenvalue weighted by Gasteiger charge is 2.41. The molecule has 2 nitrogen and oxygen atoms in total. The molecule has 0 N–H and O–H groups in total. The molecule has 1 aliphatic rings. The lowest BCUT2D eigenvalue weighted by Gasteiger charge is -2.39. The number of aryl methyl sites for hydroxylation is 2. The minimum atomic E-state index is 0.0668. The summed E-state index contributed by atoms with van der Waals surface area (Å²) < 4.78 is 2.40. The van der Waals surface area contributed by atoms with Crippen molar-refractivity contribution in [2.24, 2.45) is 0 Å². The number of fused-ring (bicyclic) bond motifs is 3. The molecule has 1 atom stereocenters. The van der Waals surface area contributed by atoms with E-state index in [1.54, 1.807) is 5.56 Å². The topological polar surface area (TPSA) is 16.8 Å². The van der Waals surface area contributed by atoms with Gasteiger partial charge in [-0.2, -0.15) is 0 Å². The van der Waals surface area contributed by atoms with Gasteiger partial charge in [0.15, 0.2) is 5.69 Å². The molecule has 0 spiro atoms. The van der Waals surface area contributed by atoms with E-state index < -0.39 is 0 Å². The van der Waals surface area contributed by atoms with Crippen molar-refractivity contribution in [3.05, 3.63) is 46.9 Å². The third-order valence-corrected chi connectivity index (χ3v) is 5.85. The van der Waals surface area contributed by atoms with Crippen LogP contribution in [0.4, 0.5) is 0 Å². The van der Waals surface area contributed by atoms with E-state index in [0.717, 1.165) is 6.54 Å². The SMILES string of the molecule is CCCC1(CC)C[n+]2cnc(C(C)(C)C)cc2-c2cc(C)cc(C)c21. The van der Waals surface area contributed by atoms with E-state index in [9.17, 15) is 0 Å². The smallest absolute Gasteiger partial charge is 0.229 e. The van der Waals surface area contributed by atoms with Crippen LogP contribution in [-0.4, -0.2) is 4.98 Å². The molecule has 0 radical (unpaired) electrons. The van der Waals surface area contributed by atoms with Crippen molar-refractivity contribution in [3.63, 3.8) is 0 Å². The first-order chi connectivity index (χ1) is 11.7. The summed E-state index contributed by atoms with van der Waals surface area (Å²) in [4.78, 5) is 4.80. The first-order valence-electron chi connectivity index (χ1n) is 9.74. The van der Waals surface area contributed by atoms with E-state index in [1.165, 1.54) is 47.3 Å². The predicted molar refractivity (Wildman–Crippen MR) is 105 cm³/mol. The molecule has 2 heterocycles. The van der Waals surface area contributed by atoms with Gasteiger partial charge in [0.1, 0.15) is 12.2 Å². The van der Waals surface area contributed by atoms with Crippen molar-refractivity contribution in [2.45, 2.75) is 85.1 Å². The molecule has 0 fully saturated rings. The molecule has 1 aliphatic heterocycles. The maximum absolute atomic E-state index is 4.80. The van der Waals surface area contributed by atoms with Gasteiger partial charge in [0.05, 0.1) is 0 Å². The quantitative estimate of drug-likeness (QED) is 0.684. The first-order valence-corrected chi connectivity index (χ1v) is 9.74. The van der Waals surface area contributed by atoms with Gasteiger partial charge in [0.2, 0.25) is 0 Å². The van der Waals surface area contributed by atoms with Crippen LogP contribution < -0.4 is 4.57 Å². The zero-order chi connectivity index (χ0) is 18.4. The molecule has 1 unspecified atom stereocenters. The van der Waals surface area contributed by atoms with Crippen LogP contribution in [0.5, 0.6) is 0 Å². The van der Waals surface area contributed by atoms with Crippen LogP contribution in [0.15, 0.2) is 24.5 Å². The molecule has 2 aromatic rings.